The van der Waals surface area contributed by atoms with E-state index in [1.807, 2.05) is 12.3 Å². The van der Waals surface area contributed by atoms with E-state index in [1.165, 1.54) is 10.9 Å². The van der Waals surface area contributed by atoms with Crippen LogP contribution in [-0.4, -0.2) is 47.3 Å². The zero-order valence-electron chi connectivity index (χ0n) is 11.1. The summed E-state index contributed by atoms with van der Waals surface area (Å²) < 4.78 is 7.58. The van der Waals surface area contributed by atoms with Crippen molar-refractivity contribution in [2.75, 3.05) is 32.8 Å². The average Bonchev–Trinajstić information content (AvgIpc) is 2.84. The highest BCUT2D eigenvalue weighted by molar-refractivity contribution is 5.80. The minimum absolute atomic E-state index is 0.562. The van der Waals surface area contributed by atoms with Crippen LogP contribution in [-0.2, 0) is 17.8 Å². The van der Waals surface area contributed by atoms with E-state index in [0.29, 0.717) is 6.54 Å². The molecule has 1 aliphatic heterocycles. The van der Waals surface area contributed by atoms with Crippen LogP contribution in [0.3, 0.4) is 0 Å². The molecule has 0 bridgehead atoms. The largest absolute Gasteiger partial charge is 0.379 e. The van der Waals surface area contributed by atoms with Crippen LogP contribution in [0.2, 0.25) is 0 Å². The SMILES string of the molecule is NCc1cn(CCN2CCOCC2)c2ncccc12. The fraction of sp³-hybridized carbons (Fsp3) is 0.500. The molecule has 5 heteroatoms. The second kappa shape index (κ2) is 5.69. The standard InChI is InChI=1S/C14H20N4O/c15-10-12-11-18(14-13(12)2-1-3-16-14)5-4-17-6-8-19-9-7-17/h1-3,11H,4-10,15H2. The van der Waals surface area contributed by atoms with E-state index >= 15 is 0 Å². The Morgan fingerprint density at radius 1 is 1.26 bits per heavy atom. The van der Waals surface area contributed by atoms with E-state index in [9.17, 15) is 0 Å². The predicted molar refractivity (Wildman–Crippen MR) is 74.9 cm³/mol. The number of hydrogen-bond acceptors (Lipinski definition) is 4. The molecule has 3 heterocycles. The number of aromatic nitrogens is 2. The Kier molecular flexibility index (Phi) is 3.77. The molecule has 0 saturated carbocycles. The van der Waals surface area contributed by atoms with E-state index in [2.05, 4.69) is 26.7 Å². The first-order valence-electron chi connectivity index (χ1n) is 6.81. The normalized spacial score (nSPS) is 17.1. The summed E-state index contributed by atoms with van der Waals surface area (Å²) in [6.07, 6.45) is 3.98. The summed E-state index contributed by atoms with van der Waals surface area (Å²) in [6.45, 7) is 6.29. The zero-order chi connectivity index (χ0) is 13.1. The lowest BCUT2D eigenvalue weighted by Crippen LogP contribution is -2.38. The van der Waals surface area contributed by atoms with E-state index < -0.39 is 0 Å². The van der Waals surface area contributed by atoms with Crippen molar-refractivity contribution in [3.8, 4) is 0 Å². The summed E-state index contributed by atoms with van der Waals surface area (Å²) in [4.78, 5) is 6.91. The Bertz CT molecular complexity index is 545. The maximum atomic E-state index is 5.80. The van der Waals surface area contributed by atoms with Gasteiger partial charge in [-0.05, 0) is 17.7 Å². The van der Waals surface area contributed by atoms with Gasteiger partial charge in [-0.3, -0.25) is 4.90 Å². The van der Waals surface area contributed by atoms with Gasteiger partial charge < -0.3 is 15.0 Å². The third-order valence-corrected chi connectivity index (χ3v) is 3.70. The summed E-state index contributed by atoms with van der Waals surface area (Å²) >= 11 is 0. The Hall–Kier alpha value is -1.43. The molecule has 3 rings (SSSR count). The maximum absolute atomic E-state index is 5.80. The van der Waals surface area contributed by atoms with Gasteiger partial charge in [0.05, 0.1) is 13.2 Å². The number of morpholine rings is 1. The quantitative estimate of drug-likeness (QED) is 0.884. The topological polar surface area (TPSA) is 56.3 Å². The molecule has 1 fully saturated rings. The van der Waals surface area contributed by atoms with Gasteiger partial charge in [-0.25, -0.2) is 4.98 Å². The highest BCUT2D eigenvalue weighted by atomic mass is 16.5. The fourth-order valence-corrected chi connectivity index (χ4v) is 2.60. The van der Waals surface area contributed by atoms with Crippen molar-refractivity contribution in [2.24, 2.45) is 5.73 Å². The number of pyridine rings is 1. The lowest BCUT2D eigenvalue weighted by atomic mass is 10.2. The Morgan fingerprint density at radius 2 is 2.11 bits per heavy atom. The molecule has 2 aromatic rings. The molecule has 0 atom stereocenters. The second-order valence-electron chi connectivity index (χ2n) is 4.88. The van der Waals surface area contributed by atoms with Crippen molar-refractivity contribution >= 4 is 11.0 Å². The molecule has 102 valence electrons. The van der Waals surface area contributed by atoms with Gasteiger partial charge in [-0.2, -0.15) is 0 Å². The molecule has 0 spiro atoms. The molecule has 0 radical (unpaired) electrons. The Morgan fingerprint density at radius 3 is 2.89 bits per heavy atom. The van der Waals surface area contributed by atoms with Gasteiger partial charge in [0.15, 0.2) is 0 Å². The van der Waals surface area contributed by atoms with Crippen LogP contribution in [0.5, 0.6) is 0 Å². The van der Waals surface area contributed by atoms with Crippen molar-refractivity contribution < 1.29 is 4.74 Å². The van der Waals surface area contributed by atoms with E-state index in [-0.39, 0.29) is 0 Å². The molecule has 19 heavy (non-hydrogen) atoms. The van der Waals surface area contributed by atoms with Gasteiger partial charge >= 0.3 is 0 Å². The molecule has 0 amide bonds. The van der Waals surface area contributed by atoms with Crippen molar-refractivity contribution in [2.45, 2.75) is 13.1 Å². The number of rotatable bonds is 4. The highest BCUT2D eigenvalue weighted by Crippen LogP contribution is 2.18. The molecule has 2 aromatic heterocycles. The molecular weight excluding hydrogens is 240 g/mol. The first-order chi connectivity index (χ1) is 9.38. The van der Waals surface area contributed by atoms with Crippen LogP contribution in [0.15, 0.2) is 24.5 Å². The van der Waals surface area contributed by atoms with Crippen molar-refractivity contribution in [1.82, 2.24) is 14.5 Å². The number of ether oxygens (including phenoxy) is 1. The van der Waals surface area contributed by atoms with Crippen LogP contribution in [0.1, 0.15) is 5.56 Å². The summed E-state index contributed by atoms with van der Waals surface area (Å²) in [6, 6.07) is 4.06. The van der Waals surface area contributed by atoms with Gasteiger partial charge in [-0.1, -0.05) is 0 Å². The fourth-order valence-electron chi connectivity index (χ4n) is 2.60. The van der Waals surface area contributed by atoms with Crippen molar-refractivity contribution in [3.05, 3.63) is 30.1 Å². The van der Waals surface area contributed by atoms with Crippen LogP contribution in [0.25, 0.3) is 11.0 Å². The number of nitrogens with zero attached hydrogens (tertiary/aromatic N) is 3. The van der Waals surface area contributed by atoms with Crippen LogP contribution < -0.4 is 5.73 Å². The third-order valence-electron chi connectivity index (χ3n) is 3.70. The molecule has 0 aliphatic carbocycles. The lowest BCUT2D eigenvalue weighted by molar-refractivity contribution is 0.0365. The number of hydrogen-bond donors (Lipinski definition) is 1. The monoisotopic (exact) mass is 260 g/mol. The van der Waals surface area contributed by atoms with E-state index in [4.69, 9.17) is 10.5 Å². The highest BCUT2D eigenvalue weighted by Gasteiger charge is 2.12. The smallest absolute Gasteiger partial charge is 0.140 e. The van der Waals surface area contributed by atoms with Gasteiger partial charge in [0.2, 0.25) is 0 Å². The average molecular weight is 260 g/mol. The van der Waals surface area contributed by atoms with Crippen LogP contribution in [0, 0.1) is 0 Å². The van der Waals surface area contributed by atoms with E-state index in [0.717, 1.165) is 45.0 Å². The molecule has 1 saturated heterocycles. The first kappa shape index (κ1) is 12.6. The zero-order valence-corrected chi connectivity index (χ0v) is 11.1. The van der Waals surface area contributed by atoms with Gasteiger partial charge in [0, 0.05) is 50.5 Å². The molecule has 5 nitrogen and oxygen atoms in total. The van der Waals surface area contributed by atoms with E-state index in [1.54, 1.807) is 0 Å². The lowest BCUT2D eigenvalue weighted by Gasteiger charge is -2.26. The number of fused-ring (bicyclic) bond motifs is 1. The van der Waals surface area contributed by atoms with Gasteiger partial charge in [0.1, 0.15) is 5.65 Å². The second-order valence-corrected chi connectivity index (χ2v) is 4.88. The minimum Gasteiger partial charge on any atom is -0.379 e. The molecular formula is C14H20N4O. The minimum atomic E-state index is 0.562. The Labute approximate surface area is 113 Å². The van der Waals surface area contributed by atoms with Crippen LogP contribution in [0.4, 0.5) is 0 Å². The molecule has 0 unspecified atom stereocenters. The third kappa shape index (κ3) is 2.63. The van der Waals surface area contributed by atoms with Gasteiger partial charge in [-0.15, -0.1) is 0 Å². The first-order valence-corrected chi connectivity index (χ1v) is 6.81. The summed E-state index contributed by atoms with van der Waals surface area (Å²) in [7, 11) is 0. The Balaban J connectivity index is 1.76. The van der Waals surface area contributed by atoms with Gasteiger partial charge in [0.25, 0.3) is 0 Å². The molecule has 2 N–H and O–H groups in total. The number of nitrogens with two attached hydrogens (primary N) is 1. The molecule has 1 aliphatic rings. The maximum Gasteiger partial charge on any atom is 0.140 e. The molecule has 0 aromatic carbocycles. The summed E-state index contributed by atoms with van der Waals surface area (Å²) in [5, 5.41) is 1.17. The predicted octanol–water partition coefficient (Wildman–Crippen LogP) is 0.827. The summed E-state index contributed by atoms with van der Waals surface area (Å²) in [5.74, 6) is 0. The van der Waals surface area contributed by atoms with Crippen molar-refractivity contribution in [3.63, 3.8) is 0 Å². The van der Waals surface area contributed by atoms with Crippen molar-refractivity contribution in [1.29, 1.82) is 0 Å². The van der Waals surface area contributed by atoms with Crippen LogP contribution >= 0.6 is 0 Å². The summed E-state index contributed by atoms with van der Waals surface area (Å²) in [5.41, 5.74) is 8.01.